The topological polar surface area (TPSA) is 90.3 Å². The SMILES string of the molecule is CC(CCc1cc(Cl)ccc1O)NC1CCn2c(=O)[nH]c3cccc(c32)C1O. The quantitative estimate of drug-likeness (QED) is 0.528. The van der Waals surface area contributed by atoms with Crippen molar-refractivity contribution in [1.82, 2.24) is 14.9 Å². The number of aromatic amines is 1. The summed E-state index contributed by atoms with van der Waals surface area (Å²) in [7, 11) is 0. The van der Waals surface area contributed by atoms with E-state index in [1.54, 1.807) is 22.8 Å². The van der Waals surface area contributed by atoms with Crippen LogP contribution in [0.2, 0.25) is 5.02 Å². The molecule has 1 aliphatic rings. The predicted octanol–water partition coefficient (Wildman–Crippen LogP) is 3.11. The third-order valence-corrected chi connectivity index (χ3v) is 5.81. The molecule has 2 aromatic carbocycles. The summed E-state index contributed by atoms with van der Waals surface area (Å²) in [6.07, 6.45) is 1.41. The van der Waals surface area contributed by atoms with Crippen molar-refractivity contribution >= 4 is 22.6 Å². The number of nitrogens with one attached hydrogen (secondary N) is 2. The summed E-state index contributed by atoms with van der Waals surface area (Å²) in [6, 6.07) is 10.6. The lowest BCUT2D eigenvalue weighted by atomic mass is 9.98. The highest BCUT2D eigenvalue weighted by Crippen LogP contribution is 2.30. The van der Waals surface area contributed by atoms with Gasteiger partial charge in [0, 0.05) is 29.2 Å². The Morgan fingerprint density at radius 3 is 3.00 bits per heavy atom. The Labute approximate surface area is 167 Å². The molecule has 3 aromatic rings. The Morgan fingerprint density at radius 2 is 2.18 bits per heavy atom. The standard InChI is InChI=1S/C21H24ClN3O3/c1-12(5-6-13-11-14(22)7-8-18(13)26)23-17-9-10-25-19-15(20(17)27)3-2-4-16(19)24-21(25)28/h2-4,7-8,11-12,17,20,23,26-27H,5-6,9-10H2,1H3,(H,24,28). The van der Waals surface area contributed by atoms with Gasteiger partial charge in [0.1, 0.15) is 5.75 Å². The van der Waals surface area contributed by atoms with Crippen molar-refractivity contribution in [3.8, 4) is 5.75 Å². The van der Waals surface area contributed by atoms with E-state index in [9.17, 15) is 15.0 Å². The van der Waals surface area contributed by atoms with Gasteiger partial charge in [-0.2, -0.15) is 0 Å². The molecule has 7 heteroatoms. The van der Waals surface area contributed by atoms with Crippen LogP contribution in [-0.2, 0) is 13.0 Å². The van der Waals surface area contributed by atoms with Crippen LogP contribution in [0, 0.1) is 0 Å². The molecule has 4 rings (SSSR count). The van der Waals surface area contributed by atoms with Gasteiger partial charge in [0.15, 0.2) is 0 Å². The second-order valence-corrected chi connectivity index (χ2v) is 7.98. The van der Waals surface area contributed by atoms with Crippen LogP contribution in [0.1, 0.15) is 37.0 Å². The number of nitrogens with zero attached hydrogens (tertiary/aromatic N) is 1. The minimum absolute atomic E-state index is 0.119. The summed E-state index contributed by atoms with van der Waals surface area (Å²) in [5, 5.41) is 25.1. The second kappa shape index (κ2) is 7.62. The third-order valence-electron chi connectivity index (χ3n) is 5.57. The van der Waals surface area contributed by atoms with Crippen molar-refractivity contribution in [2.75, 3.05) is 0 Å². The molecule has 28 heavy (non-hydrogen) atoms. The van der Waals surface area contributed by atoms with E-state index in [4.69, 9.17) is 11.6 Å². The third kappa shape index (κ3) is 3.55. The minimum atomic E-state index is -0.699. The number of halogens is 1. The van der Waals surface area contributed by atoms with Crippen molar-refractivity contribution in [2.45, 2.75) is 50.9 Å². The van der Waals surface area contributed by atoms with Gasteiger partial charge in [-0.05, 0) is 56.0 Å². The van der Waals surface area contributed by atoms with Crippen LogP contribution in [0.15, 0.2) is 41.2 Å². The van der Waals surface area contributed by atoms with E-state index in [1.807, 2.05) is 18.2 Å². The average Bonchev–Trinajstić information content (AvgIpc) is 2.92. The number of phenols is 1. The Balaban J connectivity index is 1.48. The number of aryl methyl sites for hydroxylation is 2. The lowest BCUT2D eigenvalue weighted by molar-refractivity contribution is 0.119. The Bertz CT molecular complexity index is 1060. The molecule has 0 radical (unpaired) electrons. The zero-order valence-corrected chi connectivity index (χ0v) is 16.4. The number of para-hydroxylation sites is 1. The molecule has 148 valence electrons. The molecule has 3 atom stereocenters. The van der Waals surface area contributed by atoms with Gasteiger partial charge in [-0.15, -0.1) is 0 Å². The molecular formula is C21H24ClN3O3. The van der Waals surface area contributed by atoms with Crippen molar-refractivity contribution in [3.05, 3.63) is 63.0 Å². The molecule has 0 saturated carbocycles. The zero-order chi connectivity index (χ0) is 19.8. The minimum Gasteiger partial charge on any atom is -0.508 e. The molecule has 1 aliphatic heterocycles. The number of aromatic hydroxyl groups is 1. The van der Waals surface area contributed by atoms with Crippen LogP contribution >= 0.6 is 11.6 Å². The van der Waals surface area contributed by atoms with Crippen LogP contribution in [0.25, 0.3) is 11.0 Å². The van der Waals surface area contributed by atoms with Crippen molar-refractivity contribution < 1.29 is 10.2 Å². The van der Waals surface area contributed by atoms with Crippen molar-refractivity contribution in [3.63, 3.8) is 0 Å². The first kappa shape index (κ1) is 19.1. The number of aromatic nitrogens is 2. The Morgan fingerprint density at radius 1 is 1.36 bits per heavy atom. The summed E-state index contributed by atoms with van der Waals surface area (Å²) in [5.74, 6) is 0.247. The van der Waals surface area contributed by atoms with Gasteiger partial charge in [0.05, 0.1) is 17.1 Å². The van der Waals surface area contributed by atoms with Gasteiger partial charge in [-0.25, -0.2) is 4.79 Å². The van der Waals surface area contributed by atoms with Gasteiger partial charge < -0.3 is 20.5 Å². The predicted molar refractivity (Wildman–Crippen MR) is 110 cm³/mol. The van der Waals surface area contributed by atoms with Crippen LogP contribution < -0.4 is 11.0 Å². The molecule has 0 saturated heterocycles. The molecule has 0 bridgehead atoms. The number of aliphatic hydroxyl groups is 1. The van der Waals surface area contributed by atoms with Crippen LogP contribution in [0.4, 0.5) is 0 Å². The largest absolute Gasteiger partial charge is 0.508 e. The van der Waals surface area contributed by atoms with E-state index in [1.165, 1.54) is 0 Å². The number of aliphatic hydroxyl groups excluding tert-OH is 1. The van der Waals surface area contributed by atoms with Crippen molar-refractivity contribution in [2.24, 2.45) is 0 Å². The number of phenolic OH excluding ortho intramolecular Hbond substituents is 1. The van der Waals surface area contributed by atoms with Gasteiger partial charge >= 0.3 is 5.69 Å². The maximum Gasteiger partial charge on any atom is 0.326 e. The summed E-state index contributed by atoms with van der Waals surface area (Å²) in [5.41, 5.74) is 2.99. The normalized spacial score (nSPS) is 20.2. The number of H-pyrrole nitrogens is 1. The number of imidazole rings is 1. The summed E-state index contributed by atoms with van der Waals surface area (Å²) in [6.45, 7) is 2.61. The maximum atomic E-state index is 12.2. The fourth-order valence-electron chi connectivity index (χ4n) is 4.09. The smallest absolute Gasteiger partial charge is 0.326 e. The highest BCUT2D eigenvalue weighted by molar-refractivity contribution is 6.30. The highest BCUT2D eigenvalue weighted by Gasteiger charge is 2.29. The summed E-state index contributed by atoms with van der Waals surface area (Å²) < 4.78 is 1.71. The molecular weight excluding hydrogens is 378 g/mol. The number of hydrogen-bond acceptors (Lipinski definition) is 4. The lowest BCUT2D eigenvalue weighted by Crippen LogP contribution is -2.41. The van der Waals surface area contributed by atoms with Crippen LogP contribution in [-0.4, -0.2) is 31.8 Å². The summed E-state index contributed by atoms with van der Waals surface area (Å²) in [4.78, 5) is 15.1. The molecule has 0 spiro atoms. The first-order valence-electron chi connectivity index (χ1n) is 9.57. The van der Waals surface area contributed by atoms with E-state index in [0.29, 0.717) is 24.4 Å². The second-order valence-electron chi connectivity index (χ2n) is 7.54. The number of benzene rings is 2. The Kier molecular flexibility index (Phi) is 5.19. The van der Waals surface area contributed by atoms with Crippen LogP contribution in [0.5, 0.6) is 5.75 Å². The fourth-order valence-corrected chi connectivity index (χ4v) is 4.29. The van der Waals surface area contributed by atoms with E-state index < -0.39 is 6.10 Å². The molecule has 1 aromatic heterocycles. The molecule has 3 unspecified atom stereocenters. The first-order chi connectivity index (χ1) is 13.4. The van der Waals surface area contributed by atoms with E-state index >= 15 is 0 Å². The molecule has 0 amide bonds. The zero-order valence-electron chi connectivity index (χ0n) is 15.7. The maximum absolute atomic E-state index is 12.2. The van der Waals surface area contributed by atoms with Gasteiger partial charge in [-0.3, -0.25) is 4.57 Å². The van der Waals surface area contributed by atoms with E-state index in [-0.39, 0.29) is 23.5 Å². The fraction of sp³-hybridized carbons (Fsp3) is 0.381. The van der Waals surface area contributed by atoms with Gasteiger partial charge in [-0.1, -0.05) is 23.7 Å². The lowest BCUT2D eigenvalue weighted by Gasteiger charge is -2.26. The molecule has 2 heterocycles. The van der Waals surface area contributed by atoms with Gasteiger partial charge in [0.25, 0.3) is 0 Å². The van der Waals surface area contributed by atoms with E-state index in [0.717, 1.165) is 28.6 Å². The average molecular weight is 402 g/mol. The molecule has 6 nitrogen and oxygen atoms in total. The van der Waals surface area contributed by atoms with Crippen molar-refractivity contribution in [1.29, 1.82) is 0 Å². The number of rotatable bonds is 5. The highest BCUT2D eigenvalue weighted by atomic mass is 35.5. The Hall–Kier alpha value is -2.28. The molecule has 0 aliphatic carbocycles. The van der Waals surface area contributed by atoms with E-state index in [2.05, 4.69) is 17.2 Å². The first-order valence-corrected chi connectivity index (χ1v) is 9.95. The molecule has 0 fully saturated rings. The summed E-state index contributed by atoms with van der Waals surface area (Å²) >= 11 is 6.02. The number of hydrogen-bond donors (Lipinski definition) is 4. The van der Waals surface area contributed by atoms with Crippen LogP contribution in [0.3, 0.4) is 0 Å². The molecule has 4 N–H and O–H groups in total. The monoisotopic (exact) mass is 401 g/mol. The van der Waals surface area contributed by atoms with Gasteiger partial charge in [0.2, 0.25) is 0 Å².